The van der Waals surface area contributed by atoms with Crippen molar-refractivity contribution in [3.05, 3.63) is 23.8 Å². The number of aryl methyl sites for hydroxylation is 1. The molecule has 1 fully saturated rings. The number of benzene rings is 1. The van der Waals surface area contributed by atoms with Crippen molar-refractivity contribution in [3.8, 4) is 0 Å². The molecule has 1 aromatic carbocycles. The fourth-order valence-electron chi connectivity index (χ4n) is 2.27. The van der Waals surface area contributed by atoms with Crippen LogP contribution in [0.2, 0.25) is 0 Å². The van der Waals surface area contributed by atoms with E-state index >= 15 is 0 Å². The van der Waals surface area contributed by atoms with Crippen molar-refractivity contribution in [1.29, 1.82) is 0 Å². The first kappa shape index (κ1) is 15.2. The smallest absolute Gasteiger partial charge is 0.225 e. The second-order valence-electron chi connectivity index (χ2n) is 5.15. The Balaban J connectivity index is 1.75. The molecule has 0 aromatic heterocycles. The zero-order chi connectivity index (χ0) is 14.5. The van der Waals surface area contributed by atoms with Gasteiger partial charge in [-0.05, 0) is 44.0 Å². The Morgan fingerprint density at radius 2 is 2.35 bits per heavy atom. The van der Waals surface area contributed by atoms with Gasteiger partial charge in [0.1, 0.15) is 0 Å². The summed E-state index contributed by atoms with van der Waals surface area (Å²) in [5.41, 5.74) is 8.24. The van der Waals surface area contributed by atoms with Gasteiger partial charge in [-0.15, -0.1) is 0 Å². The van der Waals surface area contributed by atoms with Crippen LogP contribution >= 0.6 is 11.8 Å². The van der Waals surface area contributed by atoms with Crippen molar-refractivity contribution in [2.75, 3.05) is 23.4 Å². The Hall–Kier alpha value is -1.20. The van der Waals surface area contributed by atoms with Crippen molar-refractivity contribution < 1.29 is 9.53 Å². The molecule has 1 aromatic rings. The molecule has 1 aliphatic heterocycles. The molecule has 0 aliphatic carbocycles. The Bertz CT molecular complexity index is 479. The zero-order valence-corrected chi connectivity index (χ0v) is 12.8. The monoisotopic (exact) mass is 294 g/mol. The number of amides is 1. The summed E-state index contributed by atoms with van der Waals surface area (Å²) in [6, 6.07) is 5.51. The van der Waals surface area contributed by atoms with Gasteiger partial charge in [-0.25, -0.2) is 0 Å². The van der Waals surface area contributed by atoms with E-state index in [1.54, 1.807) is 6.07 Å². The number of anilines is 2. The first-order valence-corrected chi connectivity index (χ1v) is 8.00. The summed E-state index contributed by atoms with van der Waals surface area (Å²) in [4.78, 5) is 11.9. The maximum atomic E-state index is 11.9. The molecule has 1 heterocycles. The van der Waals surface area contributed by atoms with Gasteiger partial charge in [0.25, 0.3) is 0 Å². The number of nitrogens with one attached hydrogen (secondary N) is 1. The first-order chi connectivity index (χ1) is 9.56. The number of ether oxygens (including phenoxy) is 1. The van der Waals surface area contributed by atoms with Gasteiger partial charge in [0.05, 0.1) is 6.10 Å². The maximum Gasteiger partial charge on any atom is 0.225 e. The number of thioether (sulfide) groups is 1. The van der Waals surface area contributed by atoms with Crippen LogP contribution < -0.4 is 11.1 Å². The number of nitrogen functional groups attached to an aromatic ring is 1. The van der Waals surface area contributed by atoms with Gasteiger partial charge in [-0.1, -0.05) is 0 Å². The van der Waals surface area contributed by atoms with E-state index in [1.807, 2.05) is 30.8 Å². The van der Waals surface area contributed by atoms with E-state index in [4.69, 9.17) is 10.5 Å². The van der Waals surface area contributed by atoms with E-state index < -0.39 is 0 Å². The second-order valence-corrected chi connectivity index (χ2v) is 6.49. The van der Waals surface area contributed by atoms with Crippen molar-refractivity contribution in [3.63, 3.8) is 0 Å². The average molecular weight is 294 g/mol. The topological polar surface area (TPSA) is 64.3 Å². The minimum absolute atomic E-state index is 0.0527. The lowest BCUT2D eigenvalue weighted by atomic mass is 10.2. The molecule has 1 aliphatic rings. The van der Waals surface area contributed by atoms with Crippen LogP contribution in [0, 0.1) is 6.92 Å². The summed E-state index contributed by atoms with van der Waals surface area (Å²) >= 11 is 1.83. The van der Waals surface area contributed by atoms with Crippen LogP contribution in [0.5, 0.6) is 0 Å². The number of carbonyl (C=O) groups excluding carboxylic acids is 1. The van der Waals surface area contributed by atoms with E-state index in [0.717, 1.165) is 30.0 Å². The summed E-state index contributed by atoms with van der Waals surface area (Å²) in [6.07, 6.45) is 1.92. The number of hydrogen-bond acceptors (Lipinski definition) is 4. The molecular weight excluding hydrogens is 272 g/mol. The SMILES string of the molecule is Cc1cc(N)ccc1NC(=O)CCSC1CCOC1C. The second kappa shape index (κ2) is 6.99. The zero-order valence-electron chi connectivity index (χ0n) is 12.0. The van der Waals surface area contributed by atoms with Crippen molar-refractivity contribution in [2.24, 2.45) is 0 Å². The molecule has 2 atom stereocenters. The van der Waals surface area contributed by atoms with Gasteiger partial charge < -0.3 is 15.8 Å². The first-order valence-electron chi connectivity index (χ1n) is 6.95. The van der Waals surface area contributed by atoms with Gasteiger partial charge in [-0.2, -0.15) is 11.8 Å². The molecule has 2 rings (SSSR count). The van der Waals surface area contributed by atoms with Crippen LogP contribution in [0.4, 0.5) is 11.4 Å². The molecule has 2 unspecified atom stereocenters. The highest BCUT2D eigenvalue weighted by atomic mass is 32.2. The highest BCUT2D eigenvalue weighted by molar-refractivity contribution is 7.99. The quantitative estimate of drug-likeness (QED) is 0.820. The summed E-state index contributed by atoms with van der Waals surface area (Å²) in [5.74, 6) is 0.884. The van der Waals surface area contributed by atoms with Crippen LogP contribution in [0.3, 0.4) is 0 Å². The van der Waals surface area contributed by atoms with E-state index in [0.29, 0.717) is 23.5 Å². The summed E-state index contributed by atoms with van der Waals surface area (Å²) in [5, 5.41) is 3.46. The van der Waals surface area contributed by atoms with Gasteiger partial charge in [0.15, 0.2) is 0 Å². The van der Waals surface area contributed by atoms with E-state index in [-0.39, 0.29) is 5.91 Å². The molecule has 5 heteroatoms. The largest absolute Gasteiger partial charge is 0.399 e. The lowest BCUT2D eigenvalue weighted by molar-refractivity contribution is -0.115. The fourth-order valence-corrected chi connectivity index (χ4v) is 3.49. The third-order valence-electron chi connectivity index (χ3n) is 3.49. The lowest BCUT2D eigenvalue weighted by Crippen LogP contribution is -2.17. The Morgan fingerprint density at radius 3 is 3.00 bits per heavy atom. The highest BCUT2D eigenvalue weighted by Crippen LogP contribution is 2.26. The molecule has 110 valence electrons. The molecule has 4 nitrogen and oxygen atoms in total. The van der Waals surface area contributed by atoms with E-state index in [2.05, 4.69) is 12.2 Å². The molecule has 0 bridgehead atoms. The van der Waals surface area contributed by atoms with Crippen LogP contribution in [0.1, 0.15) is 25.3 Å². The van der Waals surface area contributed by atoms with Crippen LogP contribution in [-0.4, -0.2) is 29.6 Å². The Labute approximate surface area is 124 Å². The summed E-state index contributed by atoms with van der Waals surface area (Å²) in [6.45, 7) is 4.89. The third kappa shape index (κ3) is 4.15. The molecule has 3 N–H and O–H groups in total. The van der Waals surface area contributed by atoms with Gasteiger partial charge >= 0.3 is 0 Å². The van der Waals surface area contributed by atoms with Gasteiger partial charge in [0, 0.05) is 35.4 Å². The number of rotatable bonds is 5. The molecule has 0 radical (unpaired) electrons. The summed E-state index contributed by atoms with van der Waals surface area (Å²) in [7, 11) is 0. The number of carbonyl (C=O) groups is 1. The molecule has 0 saturated carbocycles. The van der Waals surface area contributed by atoms with Crippen LogP contribution in [0.15, 0.2) is 18.2 Å². The van der Waals surface area contributed by atoms with Crippen molar-refractivity contribution in [2.45, 2.75) is 38.0 Å². The molecule has 1 amide bonds. The standard InChI is InChI=1S/C15H22N2O2S/c1-10-9-12(16)3-4-13(10)17-15(18)6-8-20-14-5-7-19-11(14)2/h3-4,9,11,14H,5-8,16H2,1-2H3,(H,17,18). The van der Waals surface area contributed by atoms with Crippen LogP contribution in [-0.2, 0) is 9.53 Å². The van der Waals surface area contributed by atoms with Crippen molar-refractivity contribution >= 4 is 29.0 Å². The third-order valence-corrected chi connectivity index (χ3v) is 4.98. The average Bonchev–Trinajstić information content (AvgIpc) is 2.79. The molecule has 0 spiro atoms. The maximum absolute atomic E-state index is 11.9. The van der Waals surface area contributed by atoms with E-state index in [9.17, 15) is 4.79 Å². The minimum atomic E-state index is 0.0527. The predicted molar refractivity (Wildman–Crippen MR) is 85.1 cm³/mol. The highest BCUT2D eigenvalue weighted by Gasteiger charge is 2.24. The van der Waals surface area contributed by atoms with E-state index in [1.165, 1.54) is 0 Å². The predicted octanol–water partition coefficient (Wildman–Crippen LogP) is 2.82. The van der Waals surface area contributed by atoms with Crippen LogP contribution in [0.25, 0.3) is 0 Å². The minimum Gasteiger partial charge on any atom is -0.399 e. The number of nitrogens with two attached hydrogens (primary N) is 1. The summed E-state index contributed by atoms with van der Waals surface area (Å²) < 4.78 is 5.51. The van der Waals surface area contributed by atoms with Crippen molar-refractivity contribution in [1.82, 2.24) is 0 Å². The fraction of sp³-hybridized carbons (Fsp3) is 0.533. The molecular formula is C15H22N2O2S. The Kier molecular flexibility index (Phi) is 5.31. The molecule has 1 saturated heterocycles. The van der Waals surface area contributed by atoms with Gasteiger partial charge in [-0.3, -0.25) is 4.79 Å². The Morgan fingerprint density at radius 1 is 1.55 bits per heavy atom. The molecule has 20 heavy (non-hydrogen) atoms. The number of hydrogen-bond donors (Lipinski definition) is 2. The lowest BCUT2D eigenvalue weighted by Gasteiger charge is -2.13. The van der Waals surface area contributed by atoms with Gasteiger partial charge in [0.2, 0.25) is 5.91 Å². The normalized spacial score (nSPS) is 21.9.